The van der Waals surface area contributed by atoms with Gasteiger partial charge in [-0.25, -0.2) is 4.98 Å². The molecule has 0 atom stereocenters. The average molecular weight is 146 g/mol. The molecule has 3 nitrogen and oxygen atoms in total. The predicted octanol–water partition coefficient (Wildman–Crippen LogP) is 1.31. The summed E-state index contributed by atoms with van der Waals surface area (Å²) in [4.78, 5) is 3.96. The second-order valence-electron chi connectivity index (χ2n) is 2.20. The molecular formula is C8H6N2O. The van der Waals surface area contributed by atoms with Gasteiger partial charge in [-0.15, -0.1) is 0 Å². The van der Waals surface area contributed by atoms with Crippen LogP contribution in [0.2, 0.25) is 0 Å². The van der Waals surface area contributed by atoms with E-state index in [1.807, 2.05) is 24.3 Å². The van der Waals surface area contributed by atoms with E-state index in [1.54, 1.807) is 0 Å². The molecule has 11 heavy (non-hydrogen) atoms. The second-order valence-corrected chi connectivity index (χ2v) is 2.20. The molecule has 0 aliphatic rings. The SMILES string of the molecule is N=c1ocnc2ccccc12. The Kier molecular flexibility index (Phi) is 1.22. The van der Waals surface area contributed by atoms with Gasteiger partial charge in [0.1, 0.15) is 0 Å². The zero-order chi connectivity index (χ0) is 7.68. The Balaban J connectivity index is 3.03. The largest absolute Gasteiger partial charge is 0.427 e. The van der Waals surface area contributed by atoms with Crippen LogP contribution in [-0.4, -0.2) is 4.98 Å². The van der Waals surface area contributed by atoms with Gasteiger partial charge < -0.3 is 4.42 Å². The van der Waals surface area contributed by atoms with Crippen molar-refractivity contribution >= 4 is 10.9 Å². The Hall–Kier alpha value is -1.64. The Labute approximate surface area is 62.8 Å². The van der Waals surface area contributed by atoms with Crippen LogP contribution in [0.1, 0.15) is 0 Å². The summed E-state index contributed by atoms with van der Waals surface area (Å²) in [5, 5.41) is 8.10. The molecule has 1 N–H and O–H groups in total. The van der Waals surface area contributed by atoms with Crippen LogP contribution in [0.4, 0.5) is 0 Å². The number of hydrogen-bond donors (Lipinski definition) is 1. The van der Waals surface area contributed by atoms with E-state index in [-0.39, 0.29) is 5.55 Å². The molecule has 0 radical (unpaired) electrons. The Morgan fingerprint density at radius 3 is 2.91 bits per heavy atom. The van der Waals surface area contributed by atoms with E-state index >= 15 is 0 Å². The zero-order valence-corrected chi connectivity index (χ0v) is 5.74. The highest BCUT2D eigenvalue weighted by molar-refractivity contribution is 5.75. The molecule has 1 aromatic heterocycles. The Morgan fingerprint density at radius 1 is 1.27 bits per heavy atom. The summed E-state index contributed by atoms with van der Waals surface area (Å²) in [6.45, 7) is 0. The molecule has 1 aromatic carbocycles. The molecule has 0 spiro atoms. The Bertz CT molecular complexity index is 428. The normalized spacial score (nSPS) is 10.2. The molecule has 0 aliphatic heterocycles. The van der Waals surface area contributed by atoms with E-state index < -0.39 is 0 Å². The van der Waals surface area contributed by atoms with Crippen molar-refractivity contribution in [2.24, 2.45) is 0 Å². The molecule has 0 fully saturated rings. The second kappa shape index (κ2) is 2.20. The molecule has 2 aromatic rings. The first kappa shape index (κ1) is 6.09. The number of hydrogen-bond acceptors (Lipinski definition) is 3. The minimum atomic E-state index is 0.163. The fraction of sp³-hybridized carbons (Fsp3) is 0. The standard InChI is InChI=1S/C8H6N2O/c9-8-6-3-1-2-4-7(6)10-5-11-8/h1-5,9H. The number of para-hydroxylation sites is 1. The van der Waals surface area contributed by atoms with Crippen LogP contribution < -0.4 is 5.55 Å². The van der Waals surface area contributed by atoms with E-state index in [1.165, 1.54) is 6.39 Å². The molecule has 0 aliphatic carbocycles. The van der Waals surface area contributed by atoms with Gasteiger partial charge in [-0.2, -0.15) is 0 Å². The fourth-order valence-electron chi connectivity index (χ4n) is 0.978. The zero-order valence-electron chi connectivity index (χ0n) is 5.74. The van der Waals surface area contributed by atoms with Gasteiger partial charge in [-0.05, 0) is 12.1 Å². The van der Waals surface area contributed by atoms with E-state index in [0.29, 0.717) is 0 Å². The summed E-state index contributed by atoms with van der Waals surface area (Å²) in [7, 11) is 0. The first-order valence-corrected chi connectivity index (χ1v) is 3.25. The summed E-state index contributed by atoms with van der Waals surface area (Å²) in [5.74, 6) is 0. The highest BCUT2D eigenvalue weighted by Crippen LogP contribution is 2.03. The number of rotatable bonds is 0. The lowest BCUT2D eigenvalue weighted by atomic mass is 10.2. The first-order chi connectivity index (χ1) is 5.38. The quantitative estimate of drug-likeness (QED) is 0.609. The molecule has 0 amide bonds. The molecule has 2 rings (SSSR count). The topological polar surface area (TPSA) is 49.9 Å². The van der Waals surface area contributed by atoms with Gasteiger partial charge in [0, 0.05) is 0 Å². The van der Waals surface area contributed by atoms with Crippen LogP contribution in [0.25, 0.3) is 10.9 Å². The number of benzene rings is 1. The van der Waals surface area contributed by atoms with Crippen molar-refractivity contribution in [3.63, 3.8) is 0 Å². The lowest BCUT2D eigenvalue weighted by molar-refractivity contribution is 0.479. The summed E-state index contributed by atoms with van der Waals surface area (Å²) in [6.07, 6.45) is 1.28. The van der Waals surface area contributed by atoms with Gasteiger partial charge in [0.2, 0.25) is 5.55 Å². The van der Waals surface area contributed by atoms with Gasteiger partial charge in [0.25, 0.3) is 0 Å². The van der Waals surface area contributed by atoms with Gasteiger partial charge in [-0.1, -0.05) is 12.1 Å². The van der Waals surface area contributed by atoms with Gasteiger partial charge in [0.15, 0.2) is 6.39 Å². The monoisotopic (exact) mass is 146 g/mol. The highest BCUT2D eigenvalue weighted by atomic mass is 16.3. The maximum atomic E-state index is 7.36. The summed E-state index contributed by atoms with van der Waals surface area (Å²) < 4.78 is 4.80. The lowest BCUT2D eigenvalue weighted by Gasteiger charge is -1.91. The number of nitrogens with zero attached hydrogens (tertiary/aromatic N) is 1. The summed E-state index contributed by atoms with van der Waals surface area (Å²) in [5.41, 5.74) is 0.958. The predicted molar refractivity (Wildman–Crippen MR) is 39.9 cm³/mol. The first-order valence-electron chi connectivity index (χ1n) is 3.25. The number of nitrogens with one attached hydrogen (secondary N) is 1. The van der Waals surface area contributed by atoms with Crippen molar-refractivity contribution in [3.05, 3.63) is 36.2 Å². The van der Waals surface area contributed by atoms with E-state index in [2.05, 4.69) is 4.98 Å². The molecule has 54 valence electrons. The van der Waals surface area contributed by atoms with E-state index in [0.717, 1.165) is 10.9 Å². The van der Waals surface area contributed by atoms with Crippen LogP contribution in [0, 0.1) is 5.41 Å². The third kappa shape index (κ3) is 0.902. The molecular weight excluding hydrogens is 140 g/mol. The maximum absolute atomic E-state index is 7.36. The highest BCUT2D eigenvalue weighted by Gasteiger charge is 1.93. The molecule has 0 bridgehead atoms. The van der Waals surface area contributed by atoms with Crippen molar-refractivity contribution in [2.75, 3.05) is 0 Å². The molecule has 1 heterocycles. The summed E-state index contributed by atoms with van der Waals surface area (Å²) >= 11 is 0. The van der Waals surface area contributed by atoms with Crippen molar-refractivity contribution in [3.8, 4) is 0 Å². The van der Waals surface area contributed by atoms with Gasteiger partial charge in [-0.3, -0.25) is 5.41 Å². The van der Waals surface area contributed by atoms with Crippen LogP contribution >= 0.6 is 0 Å². The van der Waals surface area contributed by atoms with Crippen LogP contribution in [-0.2, 0) is 0 Å². The molecule has 3 heteroatoms. The van der Waals surface area contributed by atoms with Crippen LogP contribution in [0.15, 0.2) is 35.1 Å². The lowest BCUT2D eigenvalue weighted by Crippen LogP contribution is -1.99. The smallest absolute Gasteiger partial charge is 0.222 e. The van der Waals surface area contributed by atoms with Crippen LogP contribution in [0.3, 0.4) is 0 Å². The molecule has 0 saturated carbocycles. The number of aromatic nitrogens is 1. The fourth-order valence-corrected chi connectivity index (χ4v) is 0.978. The van der Waals surface area contributed by atoms with Crippen molar-refractivity contribution in [1.29, 1.82) is 5.41 Å². The third-order valence-electron chi connectivity index (χ3n) is 1.51. The van der Waals surface area contributed by atoms with Crippen molar-refractivity contribution < 1.29 is 4.42 Å². The minimum Gasteiger partial charge on any atom is -0.427 e. The maximum Gasteiger partial charge on any atom is 0.222 e. The molecule has 0 saturated heterocycles. The van der Waals surface area contributed by atoms with Gasteiger partial charge >= 0.3 is 0 Å². The molecule has 0 unspecified atom stereocenters. The summed E-state index contributed by atoms with van der Waals surface area (Å²) in [6, 6.07) is 7.41. The van der Waals surface area contributed by atoms with Crippen molar-refractivity contribution in [2.45, 2.75) is 0 Å². The third-order valence-corrected chi connectivity index (χ3v) is 1.51. The van der Waals surface area contributed by atoms with E-state index in [4.69, 9.17) is 9.83 Å². The number of fused-ring (bicyclic) bond motifs is 1. The van der Waals surface area contributed by atoms with Crippen molar-refractivity contribution in [1.82, 2.24) is 4.98 Å². The Morgan fingerprint density at radius 2 is 2.09 bits per heavy atom. The average Bonchev–Trinajstić information content (AvgIpc) is 2.06. The van der Waals surface area contributed by atoms with Gasteiger partial charge in [0.05, 0.1) is 10.9 Å². The minimum absolute atomic E-state index is 0.163. The van der Waals surface area contributed by atoms with Crippen LogP contribution in [0.5, 0.6) is 0 Å². The van der Waals surface area contributed by atoms with E-state index in [9.17, 15) is 0 Å².